The van der Waals surface area contributed by atoms with Gasteiger partial charge in [-0.3, -0.25) is 4.79 Å². The van der Waals surface area contributed by atoms with E-state index in [2.05, 4.69) is 5.32 Å². The lowest BCUT2D eigenvalue weighted by atomic mass is 9.99. The lowest BCUT2D eigenvalue weighted by molar-refractivity contribution is 0.0929. The van der Waals surface area contributed by atoms with Gasteiger partial charge in [-0.05, 0) is 25.2 Å². The molecule has 0 fully saturated rings. The Balaban J connectivity index is 2.88. The van der Waals surface area contributed by atoms with E-state index in [1.165, 1.54) is 19.2 Å². The average Bonchev–Trinajstić information content (AvgIpc) is 2.28. The normalized spacial score (nSPS) is 12.2. The van der Waals surface area contributed by atoms with Crippen LogP contribution in [0.3, 0.4) is 0 Å². The number of nitrogens with one attached hydrogen (secondary N) is 1. The number of ether oxygens (including phenoxy) is 1. The number of methoxy groups -OCH3 is 1. The number of carbonyl (C=O) groups excluding carboxylic acids is 1. The molecule has 1 N–H and O–H groups in total. The van der Waals surface area contributed by atoms with E-state index in [1.807, 2.05) is 0 Å². The minimum atomic E-state index is -0.509. The third-order valence-electron chi connectivity index (χ3n) is 2.39. The number of halogens is 1. The third-order valence-corrected chi connectivity index (χ3v) is 2.39. The lowest BCUT2D eigenvalue weighted by Gasteiger charge is -2.10. The summed E-state index contributed by atoms with van der Waals surface area (Å²) in [5.41, 5.74) is 0.376. The molecule has 0 saturated heterocycles. The van der Waals surface area contributed by atoms with Crippen molar-refractivity contribution in [2.45, 2.75) is 6.92 Å². The molecule has 1 rings (SSSR count). The Morgan fingerprint density at radius 3 is 2.75 bits per heavy atom. The van der Waals surface area contributed by atoms with Crippen molar-refractivity contribution in [1.29, 1.82) is 0 Å². The number of carbonyl (C=O) groups is 1. The molecule has 1 atom stereocenters. The van der Waals surface area contributed by atoms with Gasteiger partial charge in [0.1, 0.15) is 0 Å². The Morgan fingerprint density at radius 2 is 2.25 bits per heavy atom. The van der Waals surface area contributed by atoms with Crippen LogP contribution in [0.5, 0.6) is 5.75 Å². The molecule has 0 radical (unpaired) electrons. The van der Waals surface area contributed by atoms with Crippen LogP contribution in [-0.2, 0) is 0 Å². The number of hydrogen-bond donors (Lipinski definition) is 1. The maximum Gasteiger partial charge on any atom is 0.167 e. The van der Waals surface area contributed by atoms with Crippen LogP contribution in [0.15, 0.2) is 18.2 Å². The average molecular weight is 225 g/mol. The Morgan fingerprint density at radius 1 is 1.56 bits per heavy atom. The summed E-state index contributed by atoms with van der Waals surface area (Å²) in [6, 6.07) is 4.26. The minimum absolute atomic E-state index is 0.0732. The smallest absolute Gasteiger partial charge is 0.167 e. The van der Waals surface area contributed by atoms with E-state index in [-0.39, 0.29) is 17.5 Å². The molecule has 1 unspecified atom stereocenters. The Hall–Kier alpha value is -1.42. The van der Waals surface area contributed by atoms with E-state index < -0.39 is 5.82 Å². The summed E-state index contributed by atoms with van der Waals surface area (Å²) in [6.45, 7) is 2.38. The van der Waals surface area contributed by atoms with Crippen molar-refractivity contribution in [3.63, 3.8) is 0 Å². The van der Waals surface area contributed by atoms with Gasteiger partial charge in [-0.1, -0.05) is 6.92 Å². The zero-order chi connectivity index (χ0) is 12.1. The third kappa shape index (κ3) is 2.79. The van der Waals surface area contributed by atoms with Gasteiger partial charge in [0, 0.05) is 18.0 Å². The molecular weight excluding hydrogens is 209 g/mol. The maximum absolute atomic E-state index is 13.4. The first-order chi connectivity index (χ1) is 7.60. The molecule has 0 aliphatic heterocycles. The minimum Gasteiger partial charge on any atom is -0.494 e. The molecule has 0 heterocycles. The molecule has 4 heteroatoms. The summed E-state index contributed by atoms with van der Waals surface area (Å²) < 4.78 is 18.2. The highest BCUT2D eigenvalue weighted by Gasteiger charge is 2.16. The summed E-state index contributed by atoms with van der Waals surface area (Å²) in [5.74, 6) is -0.600. The Kier molecular flexibility index (Phi) is 4.43. The monoisotopic (exact) mass is 225 g/mol. The van der Waals surface area contributed by atoms with Gasteiger partial charge in [0.25, 0.3) is 0 Å². The summed E-state index contributed by atoms with van der Waals surface area (Å²) in [7, 11) is 3.17. The molecule has 0 spiro atoms. The number of rotatable bonds is 5. The second kappa shape index (κ2) is 5.61. The molecule has 0 aliphatic carbocycles. The lowest BCUT2D eigenvalue weighted by Crippen LogP contribution is -2.23. The van der Waals surface area contributed by atoms with Crippen LogP contribution in [0.1, 0.15) is 17.3 Å². The predicted octanol–water partition coefficient (Wildman–Crippen LogP) is 1.87. The van der Waals surface area contributed by atoms with Gasteiger partial charge in [-0.2, -0.15) is 0 Å². The van der Waals surface area contributed by atoms with Crippen molar-refractivity contribution in [2.75, 3.05) is 20.7 Å². The highest BCUT2D eigenvalue weighted by molar-refractivity contribution is 5.97. The number of benzene rings is 1. The quantitative estimate of drug-likeness (QED) is 0.777. The number of hydrogen-bond acceptors (Lipinski definition) is 3. The fourth-order valence-electron chi connectivity index (χ4n) is 1.50. The van der Waals surface area contributed by atoms with Crippen molar-refractivity contribution in [1.82, 2.24) is 5.32 Å². The second-order valence-corrected chi connectivity index (χ2v) is 3.67. The van der Waals surface area contributed by atoms with Gasteiger partial charge >= 0.3 is 0 Å². The molecule has 0 aromatic heterocycles. The van der Waals surface area contributed by atoms with Crippen molar-refractivity contribution in [3.05, 3.63) is 29.6 Å². The van der Waals surface area contributed by atoms with E-state index in [9.17, 15) is 9.18 Å². The van der Waals surface area contributed by atoms with Crippen LogP contribution in [-0.4, -0.2) is 26.5 Å². The molecule has 0 aliphatic rings. The van der Waals surface area contributed by atoms with Gasteiger partial charge < -0.3 is 10.1 Å². The first-order valence-corrected chi connectivity index (χ1v) is 5.12. The Bertz CT molecular complexity index is 379. The van der Waals surface area contributed by atoms with Crippen LogP contribution >= 0.6 is 0 Å². The molecule has 88 valence electrons. The van der Waals surface area contributed by atoms with E-state index in [0.29, 0.717) is 12.1 Å². The number of ketones is 1. The molecule has 0 amide bonds. The fraction of sp³-hybridized carbons (Fsp3) is 0.417. The summed E-state index contributed by atoms with van der Waals surface area (Å²) in [5, 5.41) is 2.92. The van der Waals surface area contributed by atoms with Gasteiger partial charge in [0.2, 0.25) is 0 Å². The molecule has 3 nitrogen and oxygen atoms in total. The van der Waals surface area contributed by atoms with Gasteiger partial charge in [0.05, 0.1) is 7.11 Å². The summed E-state index contributed by atoms with van der Waals surface area (Å²) in [4.78, 5) is 11.8. The van der Waals surface area contributed by atoms with Gasteiger partial charge in [-0.15, -0.1) is 0 Å². The van der Waals surface area contributed by atoms with E-state index in [1.54, 1.807) is 20.0 Å². The van der Waals surface area contributed by atoms with Crippen molar-refractivity contribution in [3.8, 4) is 5.75 Å². The second-order valence-electron chi connectivity index (χ2n) is 3.67. The van der Waals surface area contributed by atoms with Gasteiger partial charge in [0.15, 0.2) is 17.3 Å². The summed E-state index contributed by atoms with van der Waals surface area (Å²) >= 11 is 0. The predicted molar refractivity (Wildman–Crippen MR) is 60.4 cm³/mol. The maximum atomic E-state index is 13.4. The summed E-state index contributed by atoms with van der Waals surface area (Å²) in [6.07, 6.45) is 0. The zero-order valence-corrected chi connectivity index (χ0v) is 9.71. The van der Waals surface area contributed by atoms with Crippen molar-refractivity contribution in [2.24, 2.45) is 5.92 Å². The van der Waals surface area contributed by atoms with E-state index in [0.717, 1.165) is 0 Å². The zero-order valence-electron chi connectivity index (χ0n) is 9.71. The standard InChI is InChI=1S/C12H16FNO2/c1-8(7-14-2)12(15)9-4-5-11(16-3)10(13)6-9/h4-6,8,14H,7H2,1-3H3. The van der Waals surface area contributed by atoms with Crippen molar-refractivity contribution < 1.29 is 13.9 Å². The molecule has 1 aromatic rings. The SMILES string of the molecule is CNCC(C)C(=O)c1ccc(OC)c(F)c1. The first kappa shape index (κ1) is 12.6. The van der Waals surface area contributed by atoms with Crippen LogP contribution in [0, 0.1) is 11.7 Å². The van der Waals surface area contributed by atoms with Gasteiger partial charge in [-0.25, -0.2) is 4.39 Å². The molecule has 16 heavy (non-hydrogen) atoms. The molecule has 0 saturated carbocycles. The molecule has 0 bridgehead atoms. The van der Waals surface area contributed by atoms with Crippen LogP contribution in [0.2, 0.25) is 0 Å². The molecular formula is C12H16FNO2. The van der Waals surface area contributed by atoms with E-state index >= 15 is 0 Å². The van der Waals surface area contributed by atoms with Crippen molar-refractivity contribution >= 4 is 5.78 Å². The fourth-order valence-corrected chi connectivity index (χ4v) is 1.50. The van der Waals surface area contributed by atoms with Crippen LogP contribution in [0.25, 0.3) is 0 Å². The first-order valence-electron chi connectivity index (χ1n) is 5.12. The largest absolute Gasteiger partial charge is 0.494 e. The highest BCUT2D eigenvalue weighted by atomic mass is 19.1. The number of Topliss-reactive ketones (excluding diaryl/α,β-unsaturated/α-hetero) is 1. The Labute approximate surface area is 94.6 Å². The van der Waals surface area contributed by atoms with Crippen LogP contribution in [0.4, 0.5) is 4.39 Å². The highest BCUT2D eigenvalue weighted by Crippen LogP contribution is 2.19. The molecule has 1 aromatic carbocycles. The topological polar surface area (TPSA) is 38.3 Å². The van der Waals surface area contributed by atoms with Crippen LogP contribution < -0.4 is 10.1 Å². The van der Waals surface area contributed by atoms with E-state index in [4.69, 9.17) is 4.74 Å².